The number of furan rings is 1. The molecule has 0 saturated heterocycles. The minimum absolute atomic E-state index is 0.554. The third-order valence-corrected chi connectivity index (χ3v) is 9.95. The van der Waals surface area contributed by atoms with Crippen LogP contribution in [0.15, 0.2) is 174 Å². The van der Waals surface area contributed by atoms with Gasteiger partial charge in [0.05, 0.1) is 11.6 Å². The van der Waals surface area contributed by atoms with Crippen LogP contribution in [0, 0.1) is 11.3 Å². The van der Waals surface area contributed by atoms with Crippen LogP contribution in [0.5, 0.6) is 0 Å². The number of rotatable bonds is 5. The molecule has 8 aromatic carbocycles. The molecule has 0 bridgehead atoms. The van der Waals surface area contributed by atoms with Gasteiger partial charge in [-0.3, -0.25) is 0 Å². The zero-order valence-electron chi connectivity index (χ0n) is 28.4. The topological polar surface area (TPSA) is 75.6 Å². The molecule has 0 radical (unpaired) electrons. The molecule has 0 N–H and O–H groups in total. The number of hydrogen-bond acceptors (Lipinski definition) is 5. The van der Waals surface area contributed by atoms with Crippen LogP contribution in [-0.4, -0.2) is 15.0 Å². The highest BCUT2D eigenvalue weighted by atomic mass is 16.3. The van der Waals surface area contributed by atoms with E-state index in [1.165, 1.54) is 16.2 Å². The van der Waals surface area contributed by atoms with Crippen molar-refractivity contribution in [3.8, 4) is 62.5 Å². The van der Waals surface area contributed by atoms with Gasteiger partial charge in [0.2, 0.25) is 0 Å². The van der Waals surface area contributed by atoms with E-state index in [1.807, 2.05) is 60.7 Å². The van der Waals surface area contributed by atoms with Gasteiger partial charge in [0, 0.05) is 27.5 Å². The molecule has 10 rings (SSSR count). The van der Waals surface area contributed by atoms with Gasteiger partial charge < -0.3 is 4.42 Å². The number of fused-ring (bicyclic) bond motifs is 6. The Kier molecular flexibility index (Phi) is 7.12. The molecule has 0 atom stereocenters. The summed E-state index contributed by atoms with van der Waals surface area (Å²) in [5.41, 5.74) is 9.10. The Hall–Kier alpha value is -7.42. The van der Waals surface area contributed by atoms with Crippen LogP contribution in [-0.2, 0) is 0 Å². The molecule has 246 valence electrons. The summed E-state index contributed by atoms with van der Waals surface area (Å²) in [4.78, 5) is 15.3. The highest BCUT2D eigenvalue weighted by Gasteiger charge is 2.17. The standard InChI is InChI=1S/C48H28N4O/c49-29-30-16-18-31(19-17-30)34-11-6-12-36(26-34)46-50-47(37-22-24-40-35(27-37)21-20-33-10-4-5-13-39(33)40)52-48(51-46)38-23-25-42-44(28-38)53-43-15-7-14-41(45(42)43)32-8-2-1-3-9-32/h1-28H. The molecule has 0 aliphatic heterocycles. The number of hydrogen-bond donors (Lipinski definition) is 0. The van der Waals surface area contributed by atoms with Crippen molar-refractivity contribution >= 4 is 43.5 Å². The van der Waals surface area contributed by atoms with E-state index in [0.717, 1.165) is 66.3 Å². The van der Waals surface area contributed by atoms with Crippen molar-refractivity contribution in [3.63, 3.8) is 0 Å². The Balaban J connectivity index is 1.14. The maximum Gasteiger partial charge on any atom is 0.164 e. The molecular weight excluding hydrogens is 649 g/mol. The fourth-order valence-electron chi connectivity index (χ4n) is 7.31. The first-order valence-corrected chi connectivity index (χ1v) is 17.5. The third kappa shape index (κ3) is 5.38. The molecule has 10 aromatic rings. The highest BCUT2D eigenvalue weighted by molar-refractivity contribution is 6.13. The molecule has 0 unspecified atom stereocenters. The van der Waals surface area contributed by atoms with Crippen LogP contribution in [0.1, 0.15) is 5.56 Å². The second-order valence-corrected chi connectivity index (χ2v) is 13.2. The van der Waals surface area contributed by atoms with E-state index in [0.29, 0.717) is 23.0 Å². The quantitative estimate of drug-likeness (QED) is 0.170. The van der Waals surface area contributed by atoms with E-state index in [4.69, 9.17) is 19.4 Å². The van der Waals surface area contributed by atoms with Crippen LogP contribution in [0.3, 0.4) is 0 Å². The number of aromatic nitrogens is 3. The Labute approximate surface area is 305 Å². The molecule has 5 heteroatoms. The lowest BCUT2D eigenvalue weighted by atomic mass is 9.99. The molecular formula is C48H28N4O. The molecule has 2 heterocycles. The maximum absolute atomic E-state index is 9.31. The van der Waals surface area contributed by atoms with Gasteiger partial charge in [0.15, 0.2) is 17.5 Å². The van der Waals surface area contributed by atoms with E-state index in [2.05, 4.69) is 115 Å². The van der Waals surface area contributed by atoms with E-state index in [-0.39, 0.29) is 0 Å². The number of nitrogens with zero attached hydrogens (tertiary/aromatic N) is 4. The van der Waals surface area contributed by atoms with Crippen molar-refractivity contribution in [2.24, 2.45) is 0 Å². The molecule has 0 saturated carbocycles. The molecule has 0 spiro atoms. The Bertz CT molecular complexity index is 3070. The molecule has 5 nitrogen and oxygen atoms in total. The van der Waals surface area contributed by atoms with Crippen LogP contribution in [0.2, 0.25) is 0 Å². The fraction of sp³-hybridized carbons (Fsp3) is 0. The second-order valence-electron chi connectivity index (χ2n) is 13.2. The van der Waals surface area contributed by atoms with Gasteiger partial charge in [-0.2, -0.15) is 5.26 Å². The predicted octanol–water partition coefficient (Wildman–Crippen LogP) is 12.3. The van der Waals surface area contributed by atoms with Crippen molar-refractivity contribution in [1.29, 1.82) is 5.26 Å². The van der Waals surface area contributed by atoms with Gasteiger partial charge in [-0.25, -0.2) is 15.0 Å². The van der Waals surface area contributed by atoms with Crippen molar-refractivity contribution in [1.82, 2.24) is 15.0 Å². The first kappa shape index (κ1) is 30.4. The molecule has 53 heavy (non-hydrogen) atoms. The predicted molar refractivity (Wildman–Crippen MR) is 214 cm³/mol. The van der Waals surface area contributed by atoms with Crippen LogP contribution in [0.4, 0.5) is 0 Å². The summed E-state index contributed by atoms with van der Waals surface area (Å²) < 4.78 is 6.48. The van der Waals surface area contributed by atoms with Gasteiger partial charge in [0.1, 0.15) is 11.2 Å². The van der Waals surface area contributed by atoms with E-state index >= 15 is 0 Å². The highest BCUT2D eigenvalue weighted by Crippen LogP contribution is 2.38. The largest absolute Gasteiger partial charge is 0.456 e. The SMILES string of the molecule is N#Cc1ccc(-c2cccc(-c3nc(-c4ccc5c(ccc6ccccc65)c4)nc(-c4ccc5c(c4)oc4cccc(-c6ccccc6)c45)n3)c2)cc1. The van der Waals surface area contributed by atoms with Crippen LogP contribution >= 0.6 is 0 Å². The summed E-state index contributed by atoms with van der Waals surface area (Å²) in [7, 11) is 0. The summed E-state index contributed by atoms with van der Waals surface area (Å²) in [6.07, 6.45) is 0. The van der Waals surface area contributed by atoms with Crippen molar-refractivity contribution < 1.29 is 4.42 Å². The number of nitriles is 1. The first-order valence-electron chi connectivity index (χ1n) is 17.5. The summed E-state index contributed by atoms with van der Waals surface area (Å²) in [5.74, 6) is 1.70. The van der Waals surface area contributed by atoms with Crippen molar-refractivity contribution in [3.05, 3.63) is 175 Å². The maximum atomic E-state index is 9.31. The van der Waals surface area contributed by atoms with Crippen LogP contribution in [0.25, 0.3) is 99.9 Å². The minimum Gasteiger partial charge on any atom is -0.456 e. The fourth-order valence-corrected chi connectivity index (χ4v) is 7.31. The van der Waals surface area contributed by atoms with Gasteiger partial charge in [-0.1, -0.05) is 127 Å². The molecule has 2 aromatic heterocycles. The average Bonchev–Trinajstić information content (AvgIpc) is 3.62. The zero-order valence-corrected chi connectivity index (χ0v) is 28.4. The summed E-state index contributed by atoms with van der Waals surface area (Å²) >= 11 is 0. The molecule has 0 aliphatic rings. The van der Waals surface area contributed by atoms with Crippen molar-refractivity contribution in [2.45, 2.75) is 0 Å². The van der Waals surface area contributed by atoms with E-state index < -0.39 is 0 Å². The lowest BCUT2D eigenvalue weighted by Gasteiger charge is -2.11. The van der Waals surface area contributed by atoms with E-state index in [1.54, 1.807) is 0 Å². The van der Waals surface area contributed by atoms with Gasteiger partial charge >= 0.3 is 0 Å². The zero-order chi connectivity index (χ0) is 35.3. The lowest BCUT2D eigenvalue weighted by Crippen LogP contribution is -2.00. The second kappa shape index (κ2) is 12.4. The van der Waals surface area contributed by atoms with Gasteiger partial charge in [-0.05, 0) is 86.3 Å². The summed E-state index contributed by atoms with van der Waals surface area (Å²) in [5, 5.41) is 16.1. The Morgan fingerprint density at radius 1 is 0.396 bits per heavy atom. The molecule has 0 amide bonds. The van der Waals surface area contributed by atoms with Gasteiger partial charge in [-0.15, -0.1) is 0 Å². The summed E-state index contributed by atoms with van der Waals surface area (Å²) in [6, 6.07) is 60.0. The van der Waals surface area contributed by atoms with E-state index in [9.17, 15) is 5.26 Å². The molecule has 0 aliphatic carbocycles. The first-order chi connectivity index (χ1) is 26.2. The van der Waals surface area contributed by atoms with Crippen molar-refractivity contribution in [2.75, 3.05) is 0 Å². The monoisotopic (exact) mass is 676 g/mol. The normalized spacial score (nSPS) is 11.4. The van der Waals surface area contributed by atoms with Crippen LogP contribution < -0.4 is 0 Å². The van der Waals surface area contributed by atoms with Gasteiger partial charge in [0.25, 0.3) is 0 Å². The Morgan fingerprint density at radius 2 is 1.00 bits per heavy atom. The minimum atomic E-state index is 0.554. The number of benzene rings is 8. The molecule has 0 fully saturated rings. The summed E-state index contributed by atoms with van der Waals surface area (Å²) in [6.45, 7) is 0. The lowest BCUT2D eigenvalue weighted by molar-refractivity contribution is 0.669. The third-order valence-electron chi connectivity index (χ3n) is 9.95. The average molecular weight is 677 g/mol. The smallest absolute Gasteiger partial charge is 0.164 e. The Morgan fingerprint density at radius 3 is 1.79 bits per heavy atom.